The van der Waals surface area contributed by atoms with Gasteiger partial charge in [-0.2, -0.15) is 0 Å². The van der Waals surface area contributed by atoms with E-state index in [9.17, 15) is 5.11 Å². The minimum atomic E-state index is -0.646. The second kappa shape index (κ2) is 16.0. The molecule has 2 aromatic carbocycles. The summed E-state index contributed by atoms with van der Waals surface area (Å²) >= 11 is 0. The van der Waals surface area contributed by atoms with E-state index in [0.29, 0.717) is 19.8 Å². The van der Waals surface area contributed by atoms with Crippen molar-refractivity contribution >= 4 is 5.69 Å². The number of benzene rings is 2. The molecule has 0 spiro atoms. The van der Waals surface area contributed by atoms with Crippen molar-refractivity contribution in [2.24, 2.45) is 5.92 Å². The summed E-state index contributed by atoms with van der Waals surface area (Å²) in [5, 5.41) is 10.3. The Morgan fingerprint density at radius 1 is 0.905 bits per heavy atom. The first-order valence-corrected chi connectivity index (χ1v) is 15.7. The Balaban J connectivity index is 1.27. The van der Waals surface area contributed by atoms with E-state index in [1.165, 1.54) is 24.0 Å². The highest BCUT2D eigenvalue weighted by atomic mass is 16.5. The first-order chi connectivity index (χ1) is 20.6. The maximum Gasteiger partial charge on any atom is 0.142 e. The minimum absolute atomic E-state index is 0.00497. The van der Waals surface area contributed by atoms with Crippen molar-refractivity contribution in [3.05, 3.63) is 59.2 Å². The summed E-state index contributed by atoms with van der Waals surface area (Å²) in [5.41, 5.74) is 4.66. The number of hydrogen-bond donors (Lipinski definition) is 1. The van der Waals surface area contributed by atoms with E-state index in [0.717, 1.165) is 74.9 Å². The van der Waals surface area contributed by atoms with Crippen molar-refractivity contribution in [2.75, 3.05) is 65.2 Å². The van der Waals surface area contributed by atoms with E-state index in [1.54, 1.807) is 14.2 Å². The molecule has 2 fully saturated rings. The molecule has 1 N–H and O–H groups in total. The van der Waals surface area contributed by atoms with Gasteiger partial charge in [-0.25, -0.2) is 0 Å². The van der Waals surface area contributed by atoms with Gasteiger partial charge in [-0.1, -0.05) is 30.3 Å². The fraction of sp³-hybridized carbons (Fsp3) is 0.647. The Kier molecular flexibility index (Phi) is 11.9. The molecule has 8 nitrogen and oxygen atoms in total. The Morgan fingerprint density at radius 2 is 1.69 bits per heavy atom. The van der Waals surface area contributed by atoms with Crippen molar-refractivity contribution in [1.82, 2.24) is 0 Å². The van der Waals surface area contributed by atoms with Crippen LogP contribution in [0, 0.1) is 5.92 Å². The number of fused-ring (bicyclic) bond motifs is 1. The van der Waals surface area contributed by atoms with Crippen LogP contribution in [0.25, 0.3) is 0 Å². The zero-order valence-corrected chi connectivity index (χ0v) is 25.4. The first-order valence-electron chi connectivity index (χ1n) is 15.7. The van der Waals surface area contributed by atoms with E-state index in [2.05, 4.69) is 47.4 Å². The summed E-state index contributed by atoms with van der Waals surface area (Å²) in [4.78, 5) is 2.38. The fourth-order valence-corrected chi connectivity index (χ4v) is 6.10. The third-order valence-corrected chi connectivity index (χ3v) is 8.55. The van der Waals surface area contributed by atoms with Gasteiger partial charge in [-0.15, -0.1) is 0 Å². The molecule has 5 rings (SSSR count). The van der Waals surface area contributed by atoms with Gasteiger partial charge in [-0.3, -0.25) is 0 Å². The highest BCUT2D eigenvalue weighted by Crippen LogP contribution is 2.39. The van der Waals surface area contributed by atoms with Gasteiger partial charge in [0.25, 0.3) is 0 Å². The van der Waals surface area contributed by atoms with Gasteiger partial charge >= 0.3 is 0 Å². The molecule has 2 aliphatic carbocycles. The van der Waals surface area contributed by atoms with Crippen molar-refractivity contribution in [3.63, 3.8) is 0 Å². The maximum absolute atomic E-state index is 10.3. The van der Waals surface area contributed by atoms with E-state index in [4.69, 9.17) is 28.4 Å². The van der Waals surface area contributed by atoms with Gasteiger partial charge in [0, 0.05) is 39.9 Å². The Bertz CT molecular complexity index is 1080. The van der Waals surface area contributed by atoms with Crippen LogP contribution in [0.4, 0.5) is 5.69 Å². The topological polar surface area (TPSA) is 78.9 Å². The van der Waals surface area contributed by atoms with Gasteiger partial charge in [0.05, 0.1) is 50.9 Å². The maximum atomic E-state index is 10.3. The largest absolute Gasteiger partial charge is 0.490 e. The SMILES string of the molecule is COCCCN1CCOc2ccc(CO[C@H]3CCC[C@@H](OC[C@@H](O)COC)[C@@H]3c3ccc(COCC4CC4)cc3)cc21. The molecule has 0 saturated heterocycles. The summed E-state index contributed by atoms with van der Waals surface area (Å²) in [7, 11) is 3.34. The monoisotopic (exact) mass is 583 g/mol. The summed E-state index contributed by atoms with van der Waals surface area (Å²) < 4.78 is 35.3. The third kappa shape index (κ3) is 8.91. The highest BCUT2D eigenvalue weighted by molar-refractivity contribution is 5.61. The summed E-state index contributed by atoms with van der Waals surface area (Å²) in [6.07, 6.45) is 5.82. The predicted molar refractivity (Wildman–Crippen MR) is 162 cm³/mol. The van der Waals surface area contributed by atoms with Crippen LogP contribution in [0.5, 0.6) is 5.75 Å². The number of nitrogens with zero attached hydrogens (tertiary/aromatic N) is 1. The number of ether oxygens (including phenoxy) is 6. The van der Waals surface area contributed by atoms with Crippen molar-refractivity contribution < 1.29 is 33.5 Å². The molecule has 0 bridgehead atoms. The second-order valence-corrected chi connectivity index (χ2v) is 12.0. The lowest BCUT2D eigenvalue weighted by atomic mass is 9.79. The molecular weight excluding hydrogens is 534 g/mol. The Morgan fingerprint density at radius 3 is 2.45 bits per heavy atom. The van der Waals surface area contributed by atoms with Crippen LogP contribution < -0.4 is 9.64 Å². The highest BCUT2D eigenvalue weighted by Gasteiger charge is 2.36. The molecule has 1 heterocycles. The molecule has 2 saturated carbocycles. The zero-order valence-electron chi connectivity index (χ0n) is 25.4. The van der Waals surface area contributed by atoms with E-state index < -0.39 is 6.10 Å². The number of anilines is 1. The molecule has 1 aliphatic heterocycles. The van der Waals surface area contributed by atoms with Crippen LogP contribution >= 0.6 is 0 Å². The Hall–Kier alpha value is -2.20. The molecule has 42 heavy (non-hydrogen) atoms. The van der Waals surface area contributed by atoms with Gasteiger partial charge in [0.2, 0.25) is 0 Å². The molecule has 0 aromatic heterocycles. The van der Waals surface area contributed by atoms with E-state index >= 15 is 0 Å². The number of hydrogen-bond acceptors (Lipinski definition) is 8. The molecule has 0 radical (unpaired) electrons. The lowest BCUT2D eigenvalue weighted by molar-refractivity contribution is -0.0928. The summed E-state index contributed by atoms with van der Waals surface area (Å²) in [6.45, 7) is 5.80. The van der Waals surface area contributed by atoms with E-state index in [1.807, 2.05) is 0 Å². The number of aliphatic hydroxyl groups is 1. The smallest absolute Gasteiger partial charge is 0.142 e. The van der Waals surface area contributed by atoms with Crippen LogP contribution in [0.1, 0.15) is 61.1 Å². The van der Waals surface area contributed by atoms with Crippen LogP contribution in [0.3, 0.4) is 0 Å². The third-order valence-electron chi connectivity index (χ3n) is 8.55. The fourth-order valence-electron chi connectivity index (χ4n) is 6.10. The molecular formula is C34H49NO7. The van der Waals surface area contributed by atoms with Crippen LogP contribution in [-0.4, -0.2) is 83.8 Å². The molecule has 3 aliphatic rings. The number of rotatable bonds is 17. The van der Waals surface area contributed by atoms with Crippen LogP contribution in [-0.2, 0) is 36.9 Å². The second-order valence-electron chi connectivity index (χ2n) is 12.0. The quantitative estimate of drug-likeness (QED) is 0.258. The van der Waals surface area contributed by atoms with Crippen LogP contribution in [0.15, 0.2) is 42.5 Å². The predicted octanol–water partition coefficient (Wildman–Crippen LogP) is 5.09. The van der Waals surface area contributed by atoms with Gasteiger partial charge in [-0.05, 0) is 73.3 Å². The molecule has 8 heteroatoms. The minimum Gasteiger partial charge on any atom is -0.490 e. The van der Waals surface area contributed by atoms with E-state index in [-0.39, 0.29) is 31.3 Å². The lowest BCUT2D eigenvalue weighted by Crippen LogP contribution is -2.39. The average Bonchev–Trinajstić information content (AvgIpc) is 3.84. The first kappa shape index (κ1) is 31.2. The molecule has 2 aromatic rings. The summed E-state index contributed by atoms with van der Waals surface area (Å²) in [5.74, 6) is 1.76. The van der Waals surface area contributed by atoms with Gasteiger partial charge in [0.1, 0.15) is 18.5 Å². The lowest BCUT2D eigenvalue weighted by Gasteiger charge is -2.39. The molecule has 0 amide bonds. The van der Waals surface area contributed by atoms with Gasteiger partial charge in [0.15, 0.2) is 0 Å². The molecule has 4 atom stereocenters. The number of methoxy groups -OCH3 is 2. The zero-order chi connectivity index (χ0) is 29.1. The van der Waals surface area contributed by atoms with Crippen molar-refractivity contribution in [2.45, 2.75) is 76.0 Å². The van der Waals surface area contributed by atoms with Gasteiger partial charge < -0.3 is 38.4 Å². The van der Waals surface area contributed by atoms with Crippen LogP contribution in [0.2, 0.25) is 0 Å². The normalized spacial score (nSPS) is 22.9. The number of aliphatic hydroxyl groups excluding tert-OH is 1. The standard InChI is InChI=1S/C34H49NO7/c1-37-17-4-15-35-16-18-40-31-14-11-27(19-30(31)35)22-41-32-5-3-6-33(42-24-29(36)23-38-2)34(32)28-12-9-26(10-13-28)21-39-20-25-7-8-25/h9-14,19,25,29,32-34,36H,3-8,15-18,20-24H2,1-2H3/t29-,32-,33+,34+/m0/s1. The van der Waals surface area contributed by atoms with Crippen molar-refractivity contribution in [1.29, 1.82) is 0 Å². The summed E-state index contributed by atoms with van der Waals surface area (Å²) in [6, 6.07) is 15.2. The Labute approximate surface area is 251 Å². The van der Waals surface area contributed by atoms with Crippen molar-refractivity contribution in [3.8, 4) is 5.75 Å². The molecule has 0 unspecified atom stereocenters. The average molecular weight is 584 g/mol. The molecule has 232 valence electrons.